The van der Waals surface area contributed by atoms with E-state index in [-0.39, 0.29) is 6.42 Å². The molecule has 0 aliphatic carbocycles. The molecule has 1 fully saturated rings. The largest absolute Gasteiger partial charge is 0.367 e. The molecule has 1 aliphatic rings. The Labute approximate surface area is 97.2 Å². The van der Waals surface area contributed by atoms with Crippen LogP contribution in [-0.2, 0) is 16.0 Å². The van der Waals surface area contributed by atoms with Gasteiger partial charge in [-0.05, 0) is 5.56 Å². The van der Waals surface area contributed by atoms with Gasteiger partial charge in [0, 0.05) is 6.42 Å². The highest BCUT2D eigenvalue weighted by molar-refractivity contribution is 6.19. The third-order valence-corrected chi connectivity index (χ3v) is 2.62. The van der Waals surface area contributed by atoms with Crippen LogP contribution in [0.3, 0.4) is 0 Å². The van der Waals surface area contributed by atoms with Crippen LogP contribution in [0.5, 0.6) is 0 Å². The molecule has 3 N–H and O–H groups in total. The van der Waals surface area contributed by atoms with Crippen molar-refractivity contribution >= 4 is 17.8 Å². The predicted molar refractivity (Wildman–Crippen MR) is 57.7 cm³/mol. The molecule has 1 aliphatic heterocycles. The number of carbonyl (C=O) groups excluding carboxylic acids is 3. The van der Waals surface area contributed by atoms with Crippen molar-refractivity contribution in [1.82, 2.24) is 10.6 Å². The Morgan fingerprint density at radius 2 is 1.94 bits per heavy atom. The fourth-order valence-corrected chi connectivity index (χ4v) is 1.73. The summed E-state index contributed by atoms with van der Waals surface area (Å²) in [5.41, 5.74) is 4.18. The fraction of sp³-hybridized carbons (Fsp3) is 0.182. The van der Waals surface area contributed by atoms with E-state index in [4.69, 9.17) is 5.73 Å². The minimum atomic E-state index is -1.74. The highest BCUT2D eigenvalue weighted by atomic mass is 16.2. The lowest BCUT2D eigenvalue weighted by Gasteiger charge is -2.21. The van der Waals surface area contributed by atoms with Gasteiger partial charge in [0.25, 0.3) is 11.8 Å². The maximum atomic E-state index is 11.6. The van der Waals surface area contributed by atoms with Crippen LogP contribution in [0.4, 0.5) is 4.79 Å². The van der Waals surface area contributed by atoms with E-state index in [0.717, 1.165) is 5.56 Å². The van der Waals surface area contributed by atoms with Crippen LogP contribution in [0, 0.1) is 0 Å². The highest BCUT2D eigenvalue weighted by Gasteiger charge is 2.52. The van der Waals surface area contributed by atoms with Crippen molar-refractivity contribution < 1.29 is 14.4 Å². The van der Waals surface area contributed by atoms with Crippen molar-refractivity contribution in [2.75, 3.05) is 0 Å². The van der Waals surface area contributed by atoms with Crippen LogP contribution in [0.15, 0.2) is 30.3 Å². The Kier molecular flexibility index (Phi) is 2.55. The van der Waals surface area contributed by atoms with E-state index in [9.17, 15) is 14.4 Å². The Balaban J connectivity index is 2.34. The molecule has 1 aromatic rings. The van der Waals surface area contributed by atoms with Crippen molar-refractivity contribution in [3.8, 4) is 0 Å². The lowest BCUT2D eigenvalue weighted by Crippen LogP contribution is -2.58. The number of nitrogens with zero attached hydrogens (tertiary/aromatic N) is 1. The molecule has 4 amide bonds. The first-order valence-corrected chi connectivity index (χ1v) is 4.97. The summed E-state index contributed by atoms with van der Waals surface area (Å²) in [6.45, 7) is 0. The topological polar surface area (TPSA) is 103 Å². The first-order valence-electron chi connectivity index (χ1n) is 4.97. The summed E-state index contributed by atoms with van der Waals surface area (Å²) in [6, 6.07) is 7.99. The van der Waals surface area contributed by atoms with Gasteiger partial charge in [-0.25, -0.2) is 4.79 Å². The van der Waals surface area contributed by atoms with Gasteiger partial charge in [-0.15, -0.1) is 0 Å². The number of hydrogen-bond acceptors (Lipinski definition) is 3. The number of hydrogen-bond donors (Lipinski definition) is 2. The zero-order valence-electron chi connectivity index (χ0n) is 8.84. The first kappa shape index (κ1) is 11.1. The molecule has 0 bridgehead atoms. The summed E-state index contributed by atoms with van der Waals surface area (Å²) in [7, 11) is 0. The number of primary amides is 1. The smallest absolute Gasteiger partial charge is 0.345 e. The van der Waals surface area contributed by atoms with Gasteiger partial charge in [-0.2, -0.15) is 5.32 Å². The van der Waals surface area contributed by atoms with E-state index >= 15 is 0 Å². The van der Waals surface area contributed by atoms with E-state index in [1.54, 1.807) is 30.3 Å². The average Bonchev–Trinajstić information content (AvgIpc) is 2.56. The average molecular weight is 232 g/mol. The number of urea groups is 1. The summed E-state index contributed by atoms with van der Waals surface area (Å²) in [5, 5.41) is 5.41. The number of nitrogens with one attached hydrogen (secondary N) is 1. The van der Waals surface area contributed by atoms with Crippen molar-refractivity contribution in [2.24, 2.45) is 5.73 Å². The third-order valence-electron chi connectivity index (χ3n) is 2.62. The molecule has 6 heteroatoms. The predicted octanol–water partition coefficient (Wildman–Crippen LogP) is -0.693. The molecule has 0 saturated carbocycles. The van der Waals surface area contributed by atoms with Gasteiger partial charge >= 0.3 is 6.03 Å². The monoisotopic (exact) mass is 232 g/mol. The van der Waals surface area contributed by atoms with Gasteiger partial charge in [0.05, 0.1) is 0 Å². The number of amides is 4. The molecule has 2 rings (SSSR count). The number of imide groups is 1. The molecule has 1 radical (unpaired) electrons. The van der Waals surface area contributed by atoms with Crippen molar-refractivity contribution in [3.63, 3.8) is 0 Å². The number of benzene rings is 1. The summed E-state index contributed by atoms with van der Waals surface area (Å²) >= 11 is 0. The standard InChI is InChI=1S/C11H10N3O3/c12-8(15)11(9(16)13-10(17)14-11)6-7-4-2-1-3-5-7/h1-5H,6H2,(H2,12,15)(H,14,17)/t11-/m0/s1. The van der Waals surface area contributed by atoms with Crippen LogP contribution in [-0.4, -0.2) is 23.4 Å². The Hall–Kier alpha value is -2.37. The Bertz CT molecular complexity index is 486. The third kappa shape index (κ3) is 1.84. The second kappa shape index (κ2) is 3.89. The Morgan fingerprint density at radius 3 is 2.41 bits per heavy atom. The van der Waals surface area contributed by atoms with Crippen LogP contribution < -0.4 is 16.4 Å². The minimum absolute atomic E-state index is 0.0112. The van der Waals surface area contributed by atoms with E-state index in [1.165, 1.54) is 0 Å². The van der Waals surface area contributed by atoms with Crippen LogP contribution >= 0.6 is 0 Å². The van der Waals surface area contributed by atoms with Gasteiger partial charge in [-0.3, -0.25) is 9.59 Å². The molecule has 1 atom stereocenters. The molecular formula is C11H10N3O3. The minimum Gasteiger partial charge on any atom is -0.367 e. The quantitative estimate of drug-likeness (QED) is 0.532. The van der Waals surface area contributed by atoms with Gasteiger partial charge in [0.2, 0.25) is 5.54 Å². The molecule has 1 saturated heterocycles. The van der Waals surface area contributed by atoms with Gasteiger partial charge in [0.15, 0.2) is 0 Å². The lowest BCUT2D eigenvalue weighted by molar-refractivity contribution is -0.134. The molecule has 87 valence electrons. The molecule has 17 heavy (non-hydrogen) atoms. The Morgan fingerprint density at radius 1 is 1.29 bits per heavy atom. The normalized spacial score (nSPS) is 23.1. The van der Waals surface area contributed by atoms with Gasteiger partial charge in [0.1, 0.15) is 0 Å². The van der Waals surface area contributed by atoms with E-state index < -0.39 is 23.4 Å². The number of carbonyl (C=O) groups is 3. The SMILES string of the molecule is NC(=O)[C@]1(Cc2ccccc2)NC(=O)[N]C1=O. The van der Waals surface area contributed by atoms with E-state index in [1.807, 2.05) is 0 Å². The molecular weight excluding hydrogens is 222 g/mol. The zero-order chi connectivity index (χ0) is 12.5. The highest BCUT2D eigenvalue weighted by Crippen LogP contribution is 2.18. The van der Waals surface area contributed by atoms with Crippen molar-refractivity contribution in [2.45, 2.75) is 12.0 Å². The molecule has 0 spiro atoms. The summed E-state index contributed by atoms with van der Waals surface area (Å²) < 4.78 is 0. The summed E-state index contributed by atoms with van der Waals surface area (Å²) in [5.74, 6) is -1.74. The van der Waals surface area contributed by atoms with Gasteiger partial charge < -0.3 is 11.1 Å². The van der Waals surface area contributed by atoms with Gasteiger partial charge in [-0.1, -0.05) is 30.3 Å². The van der Waals surface area contributed by atoms with Crippen LogP contribution in [0.1, 0.15) is 5.56 Å². The van der Waals surface area contributed by atoms with E-state index in [2.05, 4.69) is 10.6 Å². The second-order valence-corrected chi connectivity index (χ2v) is 3.78. The van der Waals surface area contributed by atoms with Crippen LogP contribution in [0.2, 0.25) is 0 Å². The molecule has 1 aromatic carbocycles. The summed E-state index contributed by atoms with van der Waals surface area (Å²) in [6.07, 6.45) is 0.0112. The maximum Gasteiger partial charge on any atom is 0.345 e. The molecule has 1 heterocycles. The van der Waals surface area contributed by atoms with Crippen LogP contribution in [0.25, 0.3) is 0 Å². The summed E-state index contributed by atoms with van der Waals surface area (Å²) in [4.78, 5) is 34.1. The zero-order valence-corrected chi connectivity index (χ0v) is 8.84. The second-order valence-electron chi connectivity index (χ2n) is 3.78. The first-order chi connectivity index (χ1) is 8.04. The fourth-order valence-electron chi connectivity index (χ4n) is 1.73. The van der Waals surface area contributed by atoms with Crippen molar-refractivity contribution in [3.05, 3.63) is 35.9 Å². The van der Waals surface area contributed by atoms with E-state index in [0.29, 0.717) is 0 Å². The van der Waals surface area contributed by atoms with Crippen molar-refractivity contribution in [1.29, 1.82) is 0 Å². The lowest BCUT2D eigenvalue weighted by atomic mass is 9.90. The molecule has 0 aromatic heterocycles. The number of nitrogens with two attached hydrogens (primary N) is 1. The number of rotatable bonds is 3. The molecule has 6 nitrogen and oxygen atoms in total. The molecule has 0 unspecified atom stereocenters. The maximum absolute atomic E-state index is 11.6.